The molecule has 1 aromatic carbocycles. The molecule has 1 atom stereocenters. The van der Waals surface area contributed by atoms with Crippen LogP contribution in [0.5, 0.6) is 0 Å². The zero-order valence-corrected chi connectivity index (χ0v) is 14.7. The van der Waals surface area contributed by atoms with Gasteiger partial charge in [-0.25, -0.2) is 4.79 Å². The van der Waals surface area contributed by atoms with Crippen LogP contribution in [0.4, 0.5) is 0 Å². The molecule has 0 saturated carbocycles. The quantitative estimate of drug-likeness (QED) is 0.764. The molecule has 0 fully saturated rings. The number of nitrogens with zero attached hydrogens (tertiary/aromatic N) is 2. The van der Waals surface area contributed by atoms with Crippen LogP contribution in [0.15, 0.2) is 33.5 Å². The first kappa shape index (κ1) is 18.3. The Hall–Kier alpha value is -2.08. The van der Waals surface area contributed by atoms with Gasteiger partial charge in [0.25, 0.3) is 0 Å². The van der Waals surface area contributed by atoms with Gasteiger partial charge in [-0.3, -0.25) is 14.3 Å². The summed E-state index contributed by atoms with van der Waals surface area (Å²) in [4.78, 5) is 26.1. The van der Waals surface area contributed by atoms with Gasteiger partial charge in [0.05, 0.1) is 5.52 Å². The van der Waals surface area contributed by atoms with E-state index in [-0.39, 0.29) is 11.7 Å². The summed E-state index contributed by atoms with van der Waals surface area (Å²) in [5, 5.41) is 2.97. The van der Waals surface area contributed by atoms with Gasteiger partial charge in [-0.15, -0.1) is 0 Å². The molecule has 1 heterocycles. The van der Waals surface area contributed by atoms with E-state index in [0.29, 0.717) is 37.6 Å². The number of benzene rings is 1. The monoisotopic (exact) mass is 333 g/mol. The molecule has 1 unspecified atom stereocenters. The first-order valence-corrected chi connectivity index (χ1v) is 8.65. The summed E-state index contributed by atoms with van der Waals surface area (Å²) in [6.07, 6.45) is 1.01. The molecule has 24 heavy (non-hydrogen) atoms. The van der Waals surface area contributed by atoms with Gasteiger partial charge in [-0.05, 0) is 38.6 Å². The largest absolute Gasteiger partial charge is 0.419 e. The number of amides is 1. The van der Waals surface area contributed by atoms with Gasteiger partial charge in [0.2, 0.25) is 5.91 Å². The minimum atomic E-state index is -0.369. The van der Waals surface area contributed by atoms with E-state index in [9.17, 15) is 9.59 Å². The number of rotatable bonds is 9. The standard InChI is InChI=1S/C18H27N3O3/c1-4-20(5-2)14(3)13-19-17(22)11-8-12-21-15-9-6-7-10-16(15)24-18(21)23/h6-7,9-10,14H,4-5,8,11-13H2,1-3H3,(H,19,22). The van der Waals surface area contributed by atoms with Gasteiger partial charge >= 0.3 is 5.76 Å². The molecule has 0 saturated heterocycles. The normalized spacial score (nSPS) is 12.7. The third-order valence-electron chi connectivity index (χ3n) is 4.39. The van der Waals surface area contributed by atoms with Gasteiger partial charge in [-0.1, -0.05) is 26.0 Å². The SMILES string of the molecule is CCN(CC)C(C)CNC(=O)CCCn1c(=O)oc2ccccc21. The van der Waals surface area contributed by atoms with Gasteiger partial charge in [0.1, 0.15) is 0 Å². The van der Waals surface area contributed by atoms with Crippen molar-refractivity contribution in [2.75, 3.05) is 19.6 Å². The number of nitrogens with one attached hydrogen (secondary N) is 1. The highest BCUT2D eigenvalue weighted by Crippen LogP contribution is 2.12. The molecule has 6 nitrogen and oxygen atoms in total. The molecule has 0 bridgehead atoms. The smallest absolute Gasteiger partial charge is 0.408 e. The van der Waals surface area contributed by atoms with E-state index in [1.54, 1.807) is 10.6 Å². The molecular formula is C18H27N3O3. The van der Waals surface area contributed by atoms with Crippen LogP contribution in [0.1, 0.15) is 33.6 Å². The zero-order chi connectivity index (χ0) is 17.5. The number of aromatic nitrogens is 1. The van der Waals surface area contributed by atoms with E-state index in [1.165, 1.54) is 0 Å². The second-order valence-corrected chi connectivity index (χ2v) is 5.97. The van der Waals surface area contributed by atoms with Crippen molar-refractivity contribution in [2.45, 2.75) is 46.2 Å². The summed E-state index contributed by atoms with van der Waals surface area (Å²) in [5.74, 6) is -0.346. The molecule has 0 radical (unpaired) electrons. The van der Waals surface area contributed by atoms with Crippen molar-refractivity contribution in [3.8, 4) is 0 Å². The molecule has 2 aromatic rings. The summed E-state index contributed by atoms with van der Waals surface area (Å²) >= 11 is 0. The Labute approximate surface area is 142 Å². The average Bonchev–Trinajstić information content (AvgIpc) is 2.90. The number of oxazole rings is 1. The fourth-order valence-electron chi connectivity index (χ4n) is 2.95. The number of para-hydroxylation sites is 2. The lowest BCUT2D eigenvalue weighted by Crippen LogP contribution is -2.42. The summed E-state index contributed by atoms with van der Waals surface area (Å²) < 4.78 is 6.77. The summed E-state index contributed by atoms with van der Waals surface area (Å²) in [6.45, 7) is 9.44. The van der Waals surface area contributed by atoms with Crippen molar-refractivity contribution in [1.82, 2.24) is 14.8 Å². The van der Waals surface area contributed by atoms with Crippen molar-refractivity contribution in [3.05, 3.63) is 34.8 Å². The van der Waals surface area contributed by atoms with Crippen LogP contribution in [-0.2, 0) is 11.3 Å². The number of fused-ring (bicyclic) bond motifs is 1. The molecule has 132 valence electrons. The van der Waals surface area contributed by atoms with Crippen LogP contribution in [0.2, 0.25) is 0 Å². The predicted octanol–water partition coefficient (Wildman–Crippen LogP) is 2.22. The molecular weight excluding hydrogens is 306 g/mol. The number of likely N-dealkylation sites (N-methyl/N-ethyl adjacent to an activating group) is 1. The molecule has 0 aliphatic rings. The summed E-state index contributed by atoms with van der Waals surface area (Å²) in [5.41, 5.74) is 1.36. The predicted molar refractivity (Wildman–Crippen MR) is 95.1 cm³/mol. The first-order valence-electron chi connectivity index (χ1n) is 8.65. The van der Waals surface area contributed by atoms with E-state index in [4.69, 9.17) is 4.42 Å². The van der Waals surface area contributed by atoms with Gasteiger partial charge < -0.3 is 9.73 Å². The Bertz CT molecular complexity index is 716. The van der Waals surface area contributed by atoms with Gasteiger partial charge in [0.15, 0.2) is 5.58 Å². The van der Waals surface area contributed by atoms with E-state index < -0.39 is 0 Å². The number of carbonyl (C=O) groups excluding carboxylic acids is 1. The highest BCUT2D eigenvalue weighted by Gasteiger charge is 2.12. The third-order valence-corrected chi connectivity index (χ3v) is 4.39. The number of carbonyl (C=O) groups is 1. The van der Waals surface area contributed by atoms with Crippen LogP contribution in [0.25, 0.3) is 11.1 Å². The van der Waals surface area contributed by atoms with Crippen molar-refractivity contribution < 1.29 is 9.21 Å². The van der Waals surface area contributed by atoms with E-state index >= 15 is 0 Å². The maximum absolute atomic E-state index is 12.0. The Kier molecular flexibility index (Phi) is 6.61. The van der Waals surface area contributed by atoms with E-state index in [0.717, 1.165) is 18.6 Å². The zero-order valence-electron chi connectivity index (χ0n) is 14.7. The van der Waals surface area contributed by atoms with Crippen molar-refractivity contribution >= 4 is 17.0 Å². The van der Waals surface area contributed by atoms with Crippen LogP contribution < -0.4 is 11.1 Å². The van der Waals surface area contributed by atoms with Crippen molar-refractivity contribution in [2.24, 2.45) is 0 Å². The summed E-state index contributed by atoms with van der Waals surface area (Å²) in [7, 11) is 0. The fraction of sp³-hybridized carbons (Fsp3) is 0.556. The van der Waals surface area contributed by atoms with E-state index in [2.05, 4.69) is 31.0 Å². The topological polar surface area (TPSA) is 67.5 Å². The lowest BCUT2D eigenvalue weighted by atomic mass is 10.2. The number of hydrogen-bond donors (Lipinski definition) is 1. The first-order chi connectivity index (χ1) is 11.6. The van der Waals surface area contributed by atoms with Crippen molar-refractivity contribution in [1.29, 1.82) is 0 Å². The van der Waals surface area contributed by atoms with Crippen LogP contribution in [-0.4, -0.2) is 41.1 Å². The molecule has 1 aromatic heterocycles. The highest BCUT2D eigenvalue weighted by atomic mass is 16.4. The minimum absolute atomic E-state index is 0.0230. The highest BCUT2D eigenvalue weighted by molar-refractivity contribution is 5.76. The maximum atomic E-state index is 12.0. The number of hydrogen-bond acceptors (Lipinski definition) is 4. The molecule has 1 N–H and O–H groups in total. The van der Waals surface area contributed by atoms with Crippen molar-refractivity contribution in [3.63, 3.8) is 0 Å². The van der Waals surface area contributed by atoms with Crippen LogP contribution in [0.3, 0.4) is 0 Å². The second kappa shape index (κ2) is 8.68. The third kappa shape index (κ3) is 4.47. The summed E-state index contributed by atoms with van der Waals surface area (Å²) in [6, 6.07) is 7.65. The maximum Gasteiger partial charge on any atom is 0.419 e. The molecule has 0 aliphatic carbocycles. The lowest BCUT2D eigenvalue weighted by Gasteiger charge is -2.26. The average molecular weight is 333 g/mol. The molecule has 6 heteroatoms. The Morgan fingerprint density at radius 3 is 2.71 bits per heavy atom. The Morgan fingerprint density at radius 1 is 1.29 bits per heavy atom. The fourth-order valence-corrected chi connectivity index (χ4v) is 2.95. The Morgan fingerprint density at radius 2 is 2.00 bits per heavy atom. The minimum Gasteiger partial charge on any atom is -0.408 e. The molecule has 0 spiro atoms. The molecule has 2 rings (SSSR count). The Balaban J connectivity index is 1.80. The lowest BCUT2D eigenvalue weighted by molar-refractivity contribution is -0.121. The molecule has 0 aliphatic heterocycles. The van der Waals surface area contributed by atoms with Crippen LogP contribution in [0, 0.1) is 0 Å². The van der Waals surface area contributed by atoms with Gasteiger partial charge in [-0.2, -0.15) is 0 Å². The van der Waals surface area contributed by atoms with Crippen LogP contribution >= 0.6 is 0 Å². The number of aryl methyl sites for hydroxylation is 1. The van der Waals surface area contributed by atoms with E-state index in [1.807, 2.05) is 18.2 Å². The second-order valence-electron chi connectivity index (χ2n) is 5.97. The van der Waals surface area contributed by atoms with Gasteiger partial charge in [0, 0.05) is 25.6 Å². The molecule has 1 amide bonds.